The van der Waals surface area contributed by atoms with E-state index >= 15 is 0 Å². The Morgan fingerprint density at radius 1 is 0.821 bits per heavy atom. The van der Waals surface area contributed by atoms with E-state index in [0.29, 0.717) is 5.92 Å². The number of halogens is 1. The summed E-state index contributed by atoms with van der Waals surface area (Å²) in [5.41, 5.74) is 5.82. The molecule has 0 spiro atoms. The fraction of sp³-hybridized carbons (Fsp3) is 0.304. The molecule has 0 N–H and O–H groups in total. The minimum Gasteiger partial charge on any atom is -0.306 e. The Morgan fingerprint density at radius 2 is 1.50 bits per heavy atom. The lowest BCUT2D eigenvalue weighted by Crippen LogP contribution is -2.29. The molecule has 1 fully saturated rings. The van der Waals surface area contributed by atoms with Crippen molar-refractivity contribution in [3.8, 4) is 11.1 Å². The van der Waals surface area contributed by atoms with Gasteiger partial charge in [-0.15, -0.1) is 12.4 Å². The summed E-state index contributed by atoms with van der Waals surface area (Å²) in [6, 6.07) is 17.5. The van der Waals surface area contributed by atoms with Gasteiger partial charge in [0.05, 0.1) is 11.0 Å². The van der Waals surface area contributed by atoms with Crippen LogP contribution in [0.2, 0.25) is 0 Å². The van der Waals surface area contributed by atoms with E-state index in [1.54, 1.807) is 0 Å². The molecule has 0 unspecified atom stereocenters. The molecule has 1 aliphatic heterocycles. The summed E-state index contributed by atoms with van der Waals surface area (Å²) in [5, 5.41) is 6.84. The van der Waals surface area contributed by atoms with Crippen LogP contribution in [0.3, 0.4) is 0 Å². The second kappa shape index (κ2) is 7.53. The van der Waals surface area contributed by atoms with E-state index in [0.717, 1.165) is 11.0 Å². The van der Waals surface area contributed by atoms with Gasteiger partial charge in [0.15, 0.2) is 0 Å². The number of likely N-dealkylation sites (tertiary alicyclic amines) is 1. The van der Waals surface area contributed by atoms with Gasteiger partial charge in [-0.1, -0.05) is 18.2 Å². The zero-order valence-electron chi connectivity index (χ0n) is 16.3. The molecular formula is C23H25ClN4. The maximum Gasteiger partial charge on any atom is 0.0923 e. The van der Waals surface area contributed by atoms with Crippen molar-refractivity contribution >= 4 is 34.2 Å². The number of nitrogens with zero attached hydrogens (tertiary/aromatic N) is 4. The third-order valence-electron chi connectivity index (χ3n) is 5.80. The predicted molar refractivity (Wildman–Crippen MR) is 118 cm³/mol. The topological polar surface area (TPSA) is 34.0 Å². The Morgan fingerprint density at radius 3 is 2.25 bits per heavy atom. The first-order valence-corrected chi connectivity index (χ1v) is 9.69. The minimum absolute atomic E-state index is 0. The van der Waals surface area contributed by atoms with Crippen LogP contribution >= 0.6 is 12.4 Å². The quantitative estimate of drug-likeness (QED) is 0.480. The van der Waals surface area contributed by atoms with Crippen molar-refractivity contribution in [3.63, 3.8) is 0 Å². The largest absolute Gasteiger partial charge is 0.306 e. The number of hydrogen-bond donors (Lipinski definition) is 0. The summed E-state index contributed by atoms with van der Waals surface area (Å²) in [6.45, 7) is 2.33. The maximum absolute atomic E-state index is 4.98. The van der Waals surface area contributed by atoms with E-state index in [4.69, 9.17) is 4.98 Å². The normalized spacial score (nSPS) is 15.8. The SMILES string of the molecule is CN1CCC(c2ccc3cc(-c4ccc5nn(C)cc5c4)ccc3n2)CC1.Cl. The highest BCUT2D eigenvalue weighted by Gasteiger charge is 2.19. The Labute approximate surface area is 171 Å². The van der Waals surface area contributed by atoms with Crippen molar-refractivity contribution in [2.45, 2.75) is 18.8 Å². The van der Waals surface area contributed by atoms with Gasteiger partial charge in [-0.2, -0.15) is 5.10 Å². The standard InChI is InChI=1S/C23H24N4.ClH/c1-26-11-9-16(10-12-26)21-7-5-19-13-17(3-6-22(19)24-21)18-4-8-23-20(14-18)15-27(2)25-23;/h3-8,13-16H,9-12H2,1-2H3;1H. The van der Waals surface area contributed by atoms with Crippen molar-refractivity contribution in [1.82, 2.24) is 19.7 Å². The van der Waals surface area contributed by atoms with Crippen molar-refractivity contribution < 1.29 is 0 Å². The van der Waals surface area contributed by atoms with Crippen LogP contribution in [-0.2, 0) is 7.05 Å². The molecule has 28 heavy (non-hydrogen) atoms. The predicted octanol–water partition coefficient (Wildman–Crippen LogP) is 5.02. The molecule has 5 rings (SSSR count). The number of rotatable bonds is 2. The van der Waals surface area contributed by atoms with Gasteiger partial charge in [0.25, 0.3) is 0 Å². The molecule has 0 aliphatic carbocycles. The Bertz CT molecular complexity index is 1130. The number of aromatic nitrogens is 3. The molecule has 5 heteroatoms. The number of aryl methyl sites for hydroxylation is 1. The lowest BCUT2D eigenvalue weighted by atomic mass is 9.92. The fourth-order valence-electron chi connectivity index (χ4n) is 4.18. The lowest BCUT2D eigenvalue weighted by Gasteiger charge is -2.28. The number of benzene rings is 2. The van der Waals surface area contributed by atoms with Crippen LogP contribution in [0.15, 0.2) is 54.7 Å². The van der Waals surface area contributed by atoms with Crippen molar-refractivity contribution in [2.24, 2.45) is 7.05 Å². The summed E-state index contributed by atoms with van der Waals surface area (Å²) in [5.74, 6) is 0.596. The number of piperidine rings is 1. The maximum atomic E-state index is 4.98. The monoisotopic (exact) mass is 392 g/mol. The molecule has 4 nitrogen and oxygen atoms in total. The summed E-state index contributed by atoms with van der Waals surface area (Å²) >= 11 is 0. The molecule has 4 aromatic rings. The van der Waals surface area contributed by atoms with Gasteiger partial charge in [0.2, 0.25) is 0 Å². The summed E-state index contributed by atoms with van der Waals surface area (Å²) < 4.78 is 1.86. The number of fused-ring (bicyclic) bond motifs is 2. The van der Waals surface area contributed by atoms with Gasteiger partial charge in [-0.05, 0) is 74.4 Å². The second-order valence-electron chi connectivity index (χ2n) is 7.80. The molecule has 0 amide bonds. The summed E-state index contributed by atoms with van der Waals surface area (Å²) in [4.78, 5) is 7.39. The molecule has 144 valence electrons. The van der Waals surface area contributed by atoms with E-state index < -0.39 is 0 Å². The first kappa shape index (κ1) is 18.9. The van der Waals surface area contributed by atoms with Crippen molar-refractivity contribution in [1.29, 1.82) is 0 Å². The molecule has 0 radical (unpaired) electrons. The van der Waals surface area contributed by atoms with Crippen LogP contribution in [-0.4, -0.2) is 39.8 Å². The van der Waals surface area contributed by atoms with E-state index in [1.165, 1.54) is 53.5 Å². The molecule has 0 atom stereocenters. The Hall–Kier alpha value is -2.43. The van der Waals surface area contributed by atoms with Crippen molar-refractivity contribution in [3.05, 3.63) is 60.4 Å². The van der Waals surface area contributed by atoms with E-state index in [1.807, 2.05) is 11.7 Å². The van der Waals surface area contributed by atoms with Gasteiger partial charge in [-0.25, -0.2) is 0 Å². The zero-order valence-corrected chi connectivity index (χ0v) is 17.1. The van der Waals surface area contributed by atoms with Crippen molar-refractivity contribution in [2.75, 3.05) is 20.1 Å². The van der Waals surface area contributed by atoms with Crippen LogP contribution in [0.5, 0.6) is 0 Å². The van der Waals surface area contributed by atoms with Gasteiger partial charge in [-0.3, -0.25) is 9.67 Å². The van der Waals surface area contributed by atoms with E-state index in [9.17, 15) is 0 Å². The highest BCUT2D eigenvalue weighted by atomic mass is 35.5. The number of hydrogen-bond acceptors (Lipinski definition) is 3. The first-order chi connectivity index (χ1) is 13.2. The van der Waals surface area contributed by atoms with Crippen LogP contribution in [0, 0.1) is 0 Å². The van der Waals surface area contributed by atoms with Gasteiger partial charge in [0.1, 0.15) is 0 Å². The minimum atomic E-state index is 0. The Balaban J connectivity index is 0.00000192. The van der Waals surface area contributed by atoms with Crippen LogP contribution < -0.4 is 0 Å². The average molecular weight is 393 g/mol. The zero-order chi connectivity index (χ0) is 18.4. The average Bonchev–Trinajstić information content (AvgIpc) is 3.07. The van der Waals surface area contributed by atoms with Crippen LogP contribution in [0.25, 0.3) is 32.9 Å². The summed E-state index contributed by atoms with van der Waals surface area (Å²) in [6.07, 6.45) is 4.48. The molecule has 0 bridgehead atoms. The smallest absolute Gasteiger partial charge is 0.0923 e. The van der Waals surface area contributed by atoms with E-state index in [2.05, 4.69) is 71.8 Å². The Kier molecular flexibility index (Phi) is 5.09. The van der Waals surface area contributed by atoms with Gasteiger partial charge >= 0.3 is 0 Å². The third kappa shape index (κ3) is 3.50. The molecule has 1 saturated heterocycles. The molecule has 3 heterocycles. The van der Waals surface area contributed by atoms with E-state index in [-0.39, 0.29) is 12.4 Å². The first-order valence-electron chi connectivity index (χ1n) is 9.69. The van der Waals surface area contributed by atoms with Gasteiger partial charge < -0.3 is 4.90 Å². The molecular weight excluding hydrogens is 368 g/mol. The van der Waals surface area contributed by atoms with Gasteiger partial charge in [0, 0.05) is 35.6 Å². The van der Waals surface area contributed by atoms with Crippen LogP contribution in [0.4, 0.5) is 0 Å². The lowest BCUT2D eigenvalue weighted by molar-refractivity contribution is 0.253. The molecule has 0 saturated carbocycles. The molecule has 1 aliphatic rings. The summed E-state index contributed by atoms with van der Waals surface area (Å²) in [7, 11) is 4.16. The third-order valence-corrected chi connectivity index (χ3v) is 5.80. The fourth-order valence-corrected chi connectivity index (χ4v) is 4.18. The van der Waals surface area contributed by atoms with Crippen LogP contribution in [0.1, 0.15) is 24.5 Å². The highest BCUT2D eigenvalue weighted by molar-refractivity contribution is 5.88. The highest BCUT2D eigenvalue weighted by Crippen LogP contribution is 2.30. The molecule has 2 aromatic heterocycles. The number of pyridine rings is 1. The molecule has 2 aromatic carbocycles. The second-order valence-corrected chi connectivity index (χ2v) is 7.80.